The first kappa shape index (κ1) is 45.6. The van der Waals surface area contributed by atoms with Crippen molar-refractivity contribution in [3.63, 3.8) is 0 Å². The molecule has 1 aromatic heterocycles. The molecule has 1 amide bonds. The van der Waals surface area contributed by atoms with Crippen LogP contribution in [0.4, 0.5) is 24.5 Å². The molecule has 0 saturated carbocycles. The number of hydrogen-bond acceptors (Lipinski definition) is 9. The van der Waals surface area contributed by atoms with Crippen LogP contribution in [0.2, 0.25) is 5.02 Å². The van der Waals surface area contributed by atoms with E-state index in [2.05, 4.69) is 29.7 Å². The van der Waals surface area contributed by atoms with Crippen LogP contribution < -0.4 is 19.7 Å². The predicted octanol–water partition coefficient (Wildman–Crippen LogP) is 10.1. The number of piperidine rings is 1. The van der Waals surface area contributed by atoms with E-state index in [0.29, 0.717) is 60.7 Å². The van der Waals surface area contributed by atoms with Crippen molar-refractivity contribution in [2.45, 2.75) is 62.3 Å². The van der Waals surface area contributed by atoms with E-state index in [-0.39, 0.29) is 22.3 Å². The molecule has 0 unspecified atom stereocenters. The van der Waals surface area contributed by atoms with Gasteiger partial charge in [-0.25, -0.2) is 13.1 Å². The van der Waals surface area contributed by atoms with Crippen LogP contribution in [0.1, 0.15) is 52.7 Å². The van der Waals surface area contributed by atoms with Gasteiger partial charge in [0.05, 0.1) is 16.0 Å². The first-order chi connectivity index (χ1) is 31.8. The van der Waals surface area contributed by atoms with Gasteiger partial charge in [-0.15, -0.1) is 0 Å². The number of likely N-dealkylation sites (tertiary alicyclic amines) is 1. The molecule has 4 heterocycles. The maximum absolute atomic E-state index is 14.0. The number of halogens is 4. The average molecular weight is 942 g/mol. The molecule has 0 spiro atoms. The molecule has 3 aliphatic rings. The zero-order valence-electron chi connectivity index (χ0n) is 36.5. The molecule has 3 fully saturated rings. The fraction of sp³-hybridized carbons (Fsp3) is 0.340. The lowest BCUT2D eigenvalue weighted by Gasteiger charge is -2.39. The van der Waals surface area contributed by atoms with E-state index in [0.717, 1.165) is 91.5 Å². The second kappa shape index (κ2) is 19.3. The van der Waals surface area contributed by atoms with Crippen molar-refractivity contribution in [3.8, 4) is 22.6 Å². The molecule has 0 atom stereocenters. The highest BCUT2D eigenvalue weighted by atomic mass is 35.5. The number of rotatable bonds is 12. The number of sulfonamides is 1. The summed E-state index contributed by atoms with van der Waals surface area (Å²) in [5.41, 5.74) is 4.51. The van der Waals surface area contributed by atoms with Crippen molar-refractivity contribution >= 4 is 49.8 Å². The smallest absolute Gasteiger partial charge is 0.416 e. The van der Waals surface area contributed by atoms with Crippen molar-refractivity contribution < 1.29 is 35.9 Å². The van der Waals surface area contributed by atoms with Gasteiger partial charge < -0.3 is 29.6 Å². The van der Waals surface area contributed by atoms with E-state index in [4.69, 9.17) is 21.1 Å². The molecule has 66 heavy (non-hydrogen) atoms. The molecule has 3 saturated heterocycles. The van der Waals surface area contributed by atoms with Gasteiger partial charge in [0.15, 0.2) is 0 Å². The number of fused-ring (bicyclic) bond motifs is 1. The van der Waals surface area contributed by atoms with Crippen molar-refractivity contribution in [2.75, 3.05) is 62.7 Å². The summed E-state index contributed by atoms with van der Waals surface area (Å²) in [6, 6.07) is 28.8. The van der Waals surface area contributed by atoms with E-state index in [1.807, 2.05) is 31.3 Å². The number of ether oxygens (including phenoxy) is 2. The molecular formula is C50H52ClF3N6O5S. The van der Waals surface area contributed by atoms with Crippen molar-refractivity contribution in [3.05, 3.63) is 137 Å². The Labute approximate surface area is 387 Å². The number of alkyl halides is 3. The lowest BCUT2D eigenvalue weighted by molar-refractivity contribution is -0.137. The van der Waals surface area contributed by atoms with Crippen LogP contribution in [0.25, 0.3) is 22.0 Å². The molecule has 0 aliphatic carbocycles. The van der Waals surface area contributed by atoms with Crippen LogP contribution in [0.3, 0.4) is 0 Å². The number of H-pyrrole nitrogens is 1. The number of nitrogens with one attached hydrogen (secondary N) is 3. The number of aryl methyl sites for hydroxylation is 1. The second-order valence-electron chi connectivity index (χ2n) is 17.4. The Bertz CT molecular complexity index is 2800. The van der Waals surface area contributed by atoms with Crippen LogP contribution in [-0.4, -0.2) is 93.7 Å². The van der Waals surface area contributed by atoms with Gasteiger partial charge in [0.25, 0.3) is 15.9 Å². The Balaban J connectivity index is 0.891. The van der Waals surface area contributed by atoms with Crippen LogP contribution in [0.15, 0.2) is 114 Å². The van der Waals surface area contributed by atoms with E-state index in [1.165, 1.54) is 12.1 Å². The highest BCUT2D eigenvalue weighted by molar-refractivity contribution is 7.90. The monoisotopic (exact) mass is 940 g/mol. The van der Waals surface area contributed by atoms with Crippen molar-refractivity contribution in [2.24, 2.45) is 0 Å². The largest absolute Gasteiger partial charge is 0.456 e. The van der Waals surface area contributed by atoms with Crippen molar-refractivity contribution in [1.82, 2.24) is 19.5 Å². The molecule has 0 bridgehead atoms. The van der Waals surface area contributed by atoms with Crippen LogP contribution in [-0.2, 0) is 27.5 Å². The normalized spacial score (nSPS) is 17.3. The number of hydrogen-bond donors (Lipinski definition) is 3. The minimum absolute atomic E-state index is 0.0281. The number of piperazine rings is 1. The third kappa shape index (κ3) is 10.5. The summed E-state index contributed by atoms with van der Waals surface area (Å²) < 4.78 is 83.2. The predicted molar refractivity (Wildman–Crippen MR) is 252 cm³/mol. The zero-order valence-corrected chi connectivity index (χ0v) is 38.1. The van der Waals surface area contributed by atoms with Gasteiger partial charge in [-0.2, -0.15) is 13.2 Å². The van der Waals surface area contributed by atoms with Gasteiger partial charge in [-0.3, -0.25) is 9.69 Å². The standard InChI is InChI=1S/C50H52ClF3N6O5S/c1-33-28-43(10-13-46(33)56-39-15-20-59(21-16-39)40-17-26-64-27-18-40)66(62,63)57-49(61)44-11-8-41(31-48(44)65-42-9-12-47-35(29-42)14-19-55-47)60-24-22-58(23-25-60)32-36-2-5-37(50(52,53)54)30-45(36)34-3-6-38(51)7-4-34/h2-14,19,28-31,39-40,55-56H,15-18,20-27,32H2,1H3,(H,57,61). The number of carbonyl (C=O) groups excluding carboxylic acids is 1. The Kier molecular flexibility index (Phi) is 13.3. The molecule has 346 valence electrons. The Hall–Kier alpha value is -5.58. The summed E-state index contributed by atoms with van der Waals surface area (Å²) in [5.74, 6) is -0.205. The molecule has 9 rings (SSSR count). The summed E-state index contributed by atoms with van der Waals surface area (Å²) in [6.07, 6.45) is 1.45. The van der Waals surface area contributed by atoms with Gasteiger partial charge in [-0.1, -0.05) is 29.8 Å². The Morgan fingerprint density at radius 3 is 2.33 bits per heavy atom. The number of aromatic nitrogens is 1. The zero-order chi connectivity index (χ0) is 46.0. The van der Waals surface area contributed by atoms with Gasteiger partial charge in [0, 0.05) is 111 Å². The molecule has 6 aromatic rings. The summed E-state index contributed by atoms with van der Waals surface area (Å²) in [4.78, 5) is 24.0. The minimum Gasteiger partial charge on any atom is -0.456 e. The lowest BCUT2D eigenvalue weighted by atomic mass is 9.96. The summed E-state index contributed by atoms with van der Waals surface area (Å²) in [5, 5.41) is 5.02. The maximum Gasteiger partial charge on any atom is 0.416 e. The lowest BCUT2D eigenvalue weighted by Crippen LogP contribution is -2.46. The van der Waals surface area contributed by atoms with Gasteiger partial charge in [-0.05, 0) is 134 Å². The van der Waals surface area contributed by atoms with Crippen LogP contribution in [0.5, 0.6) is 11.5 Å². The van der Waals surface area contributed by atoms with E-state index >= 15 is 0 Å². The van der Waals surface area contributed by atoms with E-state index in [1.54, 1.807) is 66.7 Å². The Morgan fingerprint density at radius 2 is 1.61 bits per heavy atom. The first-order valence-electron chi connectivity index (χ1n) is 22.3. The van der Waals surface area contributed by atoms with E-state index in [9.17, 15) is 26.4 Å². The van der Waals surface area contributed by atoms with E-state index < -0.39 is 27.7 Å². The molecule has 3 aliphatic heterocycles. The third-order valence-electron chi connectivity index (χ3n) is 13.0. The Morgan fingerprint density at radius 1 is 0.848 bits per heavy atom. The average Bonchev–Trinajstić information content (AvgIpc) is 3.79. The molecule has 16 heteroatoms. The number of nitrogens with zero attached hydrogens (tertiary/aromatic N) is 3. The third-order valence-corrected chi connectivity index (χ3v) is 14.6. The quantitative estimate of drug-likeness (QED) is 0.110. The van der Waals surface area contributed by atoms with Crippen LogP contribution >= 0.6 is 11.6 Å². The molecule has 11 nitrogen and oxygen atoms in total. The number of anilines is 2. The van der Waals surface area contributed by atoms with Gasteiger partial charge in [0.2, 0.25) is 0 Å². The van der Waals surface area contributed by atoms with Gasteiger partial charge >= 0.3 is 6.18 Å². The highest BCUT2D eigenvalue weighted by Gasteiger charge is 2.32. The SMILES string of the molecule is Cc1cc(S(=O)(=O)NC(=O)c2ccc(N3CCN(Cc4ccc(C(F)(F)F)cc4-c4ccc(Cl)cc4)CC3)cc2Oc2ccc3[nH]ccc3c2)ccc1NC1CCN(C2CCOCC2)CC1. The molecular weight excluding hydrogens is 889 g/mol. The van der Waals surface area contributed by atoms with Crippen molar-refractivity contribution in [1.29, 1.82) is 0 Å². The summed E-state index contributed by atoms with van der Waals surface area (Å²) >= 11 is 6.10. The molecule has 3 N–H and O–H groups in total. The number of benzene rings is 5. The highest BCUT2D eigenvalue weighted by Crippen LogP contribution is 2.37. The topological polar surface area (TPSA) is 119 Å². The number of amides is 1. The second-order valence-corrected chi connectivity index (χ2v) is 19.5. The fourth-order valence-corrected chi connectivity index (χ4v) is 10.5. The summed E-state index contributed by atoms with van der Waals surface area (Å²) in [7, 11) is -4.29. The maximum atomic E-state index is 14.0. The van der Waals surface area contributed by atoms with Gasteiger partial charge in [0.1, 0.15) is 11.5 Å². The number of carbonyl (C=O) groups is 1. The van der Waals surface area contributed by atoms with Crippen LogP contribution in [0, 0.1) is 6.92 Å². The molecule has 0 radical (unpaired) electrons. The first-order valence-corrected chi connectivity index (χ1v) is 24.2. The number of aromatic amines is 1. The fourth-order valence-electron chi connectivity index (χ4n) is 9.28. The minimum atomic E-state index is -4.49. The summed E-state index contributed by atoms with van der Waals surface area (Å²) in [6.45, 7) is 8.30. The molecule has 5 aromatic carbocycles.